The van der Waals surface area contributed by atoms with Crippen LogP contribution in [-0.4, -0.2) is 22.7 Å². The number of hydrogen-bond donors (Lipinski definition) is 2. The molecule has 4 aliphatic rings. The second kappa shape index (κ2) is 7.33. The third-order valence-electron chi connectivity index (χ3n) is 8.72. The Balaban J connectivity index is 1.52. The summed E-state index contributed by atoms with van der Waals surface area (Å²) in [6.45, 7) is 0.967. The van der Waals surface area contributed by atoms with Crippen molar-refractivity contribution >= 4 is 34.1 Å². The summed E-state index contributed by atoms with van der Waals surface area (Å²) in [5.74, 6) is 2.42. The molecule has 3 saturated carbocycles. The van der Waals surface area contributed by atoms with Gasteiger partial charge in [-0.15, -0.1) is 0 Å². The third kappa shape index (κ3) is 3.03. The van der Waals surface area contributed by atoms with Gasteiger partial charge in [0.1, 0.15) is 0 Å². The van der Waals surface area contributed by atoms with E-state index in [2.05, 4.69) is 11.4 Å². The van der Waals surface area contributed by atoms with Crippen molar-refractivity contribution in [2.24, 2.45) is 17.8 Å². The zero-order valence-corrected chi connectivity index (χ0v) is 18.9. The van der Waals surface area contributed by atoms with Crippen LogP contribution in [0.5, 0.6) is 0 Å². The molecule has 2 heterocycles. The first kappa shape index (κ1) is 19.8. The van der Waals surface area contributed by atoms with Crippen LogP contribution in [0.3, 0.4) is 0 Å². The molecule has 5 heteroatoms. The molecule has 3 aliphatic carbocycles. The van der Waals surface area contributed by atoms with E-state index in [9.17, 15) is 5.11 Å². The van der Waals surface area contributed by atoms with Gasteiger partial charge in [-0.1, -0.05) is 36.0 Å². The molecule has 160 valence electrons. The van der Waals surface area contributed by atoms with E-state index in [4.69, 9.17) is 28.2 Å². The van der Waals surface area contributed by atoms with E-state index < -0.39 is 6.10 Å². The van der Waals surface area contributed by atoms with Gasteiger partial charge in [-0.2, -0.15) is 0 Å². The summed E-state index contributed by atoms with van der Waals surface area (Å²) in [5, 5.41) is 17.1. The molecule has 1 aliphatic heterocycles. The molecule has 6 atom stereocenters. The number of nitrogens with one attached hydrogen (secondary N) is 1. The number of aromatic nitrogens is 1. The highest BCUT2D eigenvalue weighted by molar-refractivity contribution is 6.38. The molecule has 0 unspecified atom stereocenters. The van der Waals surface area contributed by atoms with E-state index in [-0.39, 0.29) is 11.5 Å². The molecule has 0 spiro atoms. The van der Waals surface area contributed by atoms with Gasteiger partial charge >= 0.3 is 0 Å². The van der Waals surface area contributed by atoms with Gasteiger partial charge in [-0.3, -0.25) is 4.98 Å². The fourth-order valence-corrected chi connectivity index (χ4v) is 8.04. The summed E-state index contributed by atoms with van der Waals surface area (Å²) < 4.78 is 0. The molecule has 6 rings (SSSR count). The van der Waals surface area contributed by atoms with E-state index in [1.165, 1.54) is 50.6 Å². The molecule has 3 bridgehead atoms. The first-order valence-electron chi connectivity index (χ1n) is 11.7. The van der Waals surface area contributed by atoms with Crippen molar-refractivity contribution in [1.82, 2.24) is 10.3 Å². The molecule has 4 fully saturated rings. The Labute approximate surface area is 188 Å². The molecule has 0 amide bonds. The number of aliphatic hydroxyl groups excluding tert-OH is 1. The third-order valence-corrected chi connectivity index (χ3v) is 9.22. The molecule has 2 N–H and O–H groups in total. The van der Waals surface area contributed by atoms with Gasteiger partial charge < -0.3 is 10.4 Å². The van der Waals surface area contributed by atoms with E-state index in [1.54, 1.807) is 6.07 Å². The zero-order chi connectivity index (χ0) is 20.5. The van der Waals surface area contributed by atoms with Crippen molar-refractivity contribution < 1.29 is 5.11 Å². The number of aliphatic hydroxyl groups is 1. The Kier molecular flexibility index (Phi) is 4.84. The number of hydrogen-bond acceptors (Lipinski definition) is 3. The van der Waals surface area contributed by atoms with E-state index in [0.717, 1.165) is 53.6 Å². The maximum atomic E-state index is 11.5. The Bertz CT molecular complexity index is 989. The molecule has 30 heavy (non-hydrogen) atoms. The summed E-state index contributed by atoms with van der Waals surface area (Å²) in [7, 11) is 0. The SMILES string of the molecule is O[C@@H](c1cc([C@]23C[C@@H]4C[C@H](CC[C@@H]2C4)C3)nc2c(Cl)cc(Cl)cc12)[C@@H]1CCCCN1. The lowest BCUT2D eigenvalue weighted by Crippen LogP contribution is -2.41. The highest BCUT2D eigenvalue weighted by atomic mass is 35.5. The average molecular weight is 445 g/mol. The Morgan fingerprint density at radius 3 is 2.73 bits per heavy atom. The van der Waals surface area contributed by atoms with Gasteiger partial charge in [-0.05, 0) is 93.0 Å². The molecule has 0 radical (unpaired) electrons. The minimum Gasteiger partial charge on any atom is -0.387 e. The van der Waals surface area contributed by atoms with Crippen LogP contribution in [0.1, 0.15) is 75.1 Å². The number of nitrogens with zero attached hydrogens (tertiary/aromatic N) is 1. The second-order valence-electron chi connectivity index (χ2n) is 10.4. The minimum absolute atomic E-state index is 0.0755. The Hall–Kier alpha value is -0.870. The van der Waals surface area contributed by atoms with Crippen molar-refractivity contribution in [3.8, 4) is 0 Å². The van der Waals surface area contributed by atoms with Gasteiger partial charge in [0, 0.05) is 27.6 Å². The highest BCUT2D eigenvalue weighted by Gasteiger charge is 2.56. The number of piperidine rings is 1. The fraction of sp³-hybridized carbons (Fsp3) is 0.640. The summed E-state index contributed by atoms with van der Waals surface area (Å²) in [5.41, 5.74) is 3.12. The Morgan fingerprint density at radius 2 is 1.90 bits per heavy atom. The minimum atomic E-state index is -0.571. The summed E-state index contributed by atoms with van der Waals surface area (Å²) >= 11 is 13.0. The van der Waals surface area contributed by atoms with Gasteiger partial charge in [0.2, 0.25) is 0 Å². The quantitative estimate of drug-likeness (QED) is 0.593. The lowest BCUT2D eigenvalue weighted by Gasteiger charge is -2.45. The topological polar surface area (TPSA) is 45.2 Å². The summed E-state index contributed by atoms with van der Waals surface area (Å²) in [6, 6.07) is 6.04. The van der Waals surface area contributed by atoms with Crippen molar-refractivity contribution in [3.05, 3.63) is 39.5 Å². The van der Waals surface area contributed by atoms with Crippen LogP contribution in [0.4, 0.5) is 0 Å². The first-order chi connectivity index (χ1) is 14.5. The van der Waals surface area contributed by atoms with Crippen molar-refractivity contribution in [1.29, 1.82) is 0 Å². The van der Waals surface area contributed by atoms with Crippen LogP contribution in [-0.2, 0) is 5.41 Å². The van der Waals surface area contributed by atoms with Gasteiger partial charge in [0.05, 0.1) is 16.6 Å². The van der Waals surface area contributed by atoms with E-state index >= 15 is 0 Å². The average Bonchev–Trinajstić information content (AvgIpc) is 2.90. The smallest absolute Gasteiger partial charge is 0.0950 e. The second-order valence-corrected chi connectivity index (χ2v) is 11.3. The molecular formula is C25H30Cl2N2O. The van der Waals surface area contributed by atoms with Crippen LogP contribution in [0.15, 0.2) is 18.2 Å². The molecule has 1 aromatic heterocycles. The number of halogens is 2. The molecule has 1 aromatic carbocycles. The number of pyridine rings is 1. The Morgan fingerprint density at radius 1 is 1.03 bits per heavy atom. The van der Waals surface area contributed by atoms with Crippen molar-refractivity contribution in [3.63, 3.8) is 0 Å². The van der Waals surface area contributed by atoms with Gasteiger partial charge in [-0.25, -0.2) is 0 Å². The summed E-state index contributed by atoms with van der Waals surface area (Å²) in [4.78, 5) is 5.19. The maximum absolute atomic E-state index is 11.5. The first-order valence-corrected chi connectivity index (χ1v) is 12.5. The predicted octanol–water partition coefficient (Wildman–Crippen LogP) is 6.18. The van der Waals surface area contributed by atoms with Crippen LogP contribution in [0.25, 0.3) is 10.9 Å². The highest BCUT2D eigenvalue weighted by Crippen LogP contribution is 2.63. The van der Waals surface area contributed by atoms with Gasteiger partial charge in [0.25, 0.3) is 0 Å². The lowest BCUT2D eigenvalue weighted by molar-refractivity contribution is 0.113. The monoisotopic (exact) mass is 444 g/mol. The van der Waals surface area contributed by atoms with Crippen LogP contribution in [0.2, 0.25) is 10.0 Å². The lowest BCUT2D eigenvalue weighted by atomic mass is 9.60. The van der Waals surface area contributed by atoms with Crippen molar-refractivity contribution in [2.45, 2.75) is 75.3 Å². The van der Waals surface area contributed by atoms with Crippen LogP contribution < -0.4 is 5.32 Å². The molecular weight excluding hydrogens is 415 g/mol. The number of rotatable bonds is 3. The molecule has 3 nitrogen and oxygen atoms in total. The van der Waals surface area contributed by atoms with E-state index in [0.29, 0.717) is 10.0 Å². The molecule has 2 aromatic rings. The fourth-order valence-electron chi connectivity index (χ4n) is 7.50. The largest absolute Gasteiger partial charge is 0.387 e. The van der Waals surface area contributed by atoms with Crippen LogP contribution in [0, 0.1) is 17.8 Å². The number of benzene rings is 1. The van der Waals surface area contributed by atoms with Crippen molar-refractivity contribution in [2.75, 3.05) is 6.54 Å². The summed E-state index contributed by atoms with van der Waals surface area (Å²) in [6.07, 6.45) is 10.7. The zero-order valence-electron chi connectivity index (χ0n) is 17.3. The normalized spacial score (nSPS) is 36.4. The predicted molar refractivity (Wildman–Crippen MR) is 122 cm³/mol. The molecule has 1 saturated heterocycles. The van der Waals surface area contributed by atoms with Crippen LogP contribution >= 0.6 is 23.2 Å². The van der Waals surface area contributed by atoms with Gasteiger partial charge in [0.15, 0.2) is 0 Å². The van der Waals surface area contributed by atoms with E-state index in [1.807, 2.05) is 6.07 Å². The number of fused-ring (bicyclic) bond motifs is 3. The standard InChI is InChI=1S/C25H30Cl2N2O/c26-17-9-18-19(24(30)21-3-1-2-6-28-21)11-22(29-23(18)20(27)10-17)25-12-14-4-5-16(25)8-15(7-14)13-25/h9-11,14-16,21,24,28,30H,1-8,12-13H2/t14-,15+,16+,21-,24-,25+/m0/s1. The maximum Gasteiger partial charge on any atom is 0.0950 e.